The maximum Gasteiger partial charge on any atom is 0.225 e. The molecule has 17 heavy (non-hydrogen) atoms. The monoisotopic (exact) mass is 240 g/mol. The second-order valence-corrected chi connectivity index (χ2v) is 6.00. The fraction of sp³-hybridized carbons (Fsp3) is 0.923. The lowest BCUT2D eigenvalue weighted by atomic mass is 9.84. The first-order valence-electron chi connectivity index (χ1n) is 6.70. The summed E-state index contributed by atoms with van der Waals surface area (Å²) in [7, 11) is 0. The van der Waals surface area contributed by atoms with Gasteiger partial charge in [0, 0.05) is 12.6 Å². The van der Waals surface area contributed by atoms with Gasteiger partial charge in [-0.15, -0.1) is 0 Å². The summed E-state index contributed by atoms with van der Waals surface area (Å²) in [6.45, 7) is 3.98. The van der Waals surface area contributed by atoms with Crippen LogP contribution in [0.15, 0.2) is 0 Å². The number of hydrogen-bond donors (Lipinski definition) is 3. The summed E-state index contributed by atoms with van der Waals surface area (Å²) in [6, 6.07) is 0.0281. The van der Waals surface area contributed by atoms with Crippen LogP contribution < -0.4 is 11.1 Å². The van der Waals surface area contributed by atoms with Crippen molar-refractivity contribution >= 4 is 5.91 Å². The SMILES string of the molecule is CCC(C)(O)CNC(=O)C1C2CCC(C2)C1N. The maximum atomic E-state index is 12.1. The number of aliphatic hydroxyl groups is 1. The lowest BCUT2D eigenvalue weighted by Crippen LogP contribution is -2.48. The molecule has 0 aromatic carbocycles. The van der Waals surface area contributed by atoms with Gasteiger partial charge in [-0.05, 0) is 44.4 Å². The minimum absolute atomic E-state index is 0.0265. The molecular formula is C13H24N2O2. The van der Waals surface area contributed by atoms with Gasteiger partial charge in [-0.1, -0.05) is 6.92 Å². The molecule has 2 saturated carbocycles. The van der Waals surface area contributed by atoms with E-state index in [1.807, 2.05) is 6.92 Å². The molecule has 5 unspecified atom stereocenters. The second kappa shape index (κ2) is 4.58. The van der Waals surface area contributed by atoms with Crippen LogP contribution in [0.25, 0.3) is 0 Å². The minimum atomic E-state index is -0.808. The van der Waals surface area contributed by atoms with Crippen molar-refractivity contribution in [1.82, 2.24) is 5.32 Å². The van der Waals surface area contributed by atoms with Crippen molar-refractivity contribution in [3.8, 4) is 0 Å². The Bertz CT molecular complexity index is 302. The van der Waals surface area contributed by atoms with E-state index in [1.165, 1.54) is 6.42 Å². The van der Waals surface area contributed by atoms with E-state index in [-0.39, 0.29) is 17.9 Å². The quantitative estimate of drug-likeness (QED) is 0.675. The molecule has 0 aromatic heterocycles. The average molecular weight is 240 g/mol. The van der Waals surface area contributed by atoms with Crippen molar-refractivity contribution in [3.05, 3.63) is 0 Å². The van der Waals surface area contributed by atoms with Gasteiger partial charge < -0.3 is 16.2 Å². The fourth-order valence-electron chi connectivity index (χ4n) is 3.25. The second-order valence-electron chi connectivity index (χ2n) is 6.00. The molecule has 98 valence electrons. The first-order valence-corrected chi connectivity index (χ1v) is 6.70. The van der Waals surface area contributed by atoms with E-state index >= 15 is 0 Å². The van der Waals surface area contributed by atoms with Gasteiger partial charge in [-0.3, -0.25) is 4.79 Å². The molecule has 2 rings (SSSR count). The first-order chi connectivity index (χ1) is 7.94. The molecule has 2 aliphatic carbocycles. The summed E-state index contributed by atoms with van der Waals surface area (Å²) < 4.78 is 0. The van der Waals surface area contributed by atoms with Gasteiger partial charge in [-0.25, -0.2) is 0 Å². The molecule has 5 atom stereocenters. The molecule has 2 fully saturated rings. The van der Waals surface area contributed by atoms with Gasteiger partial charge in [0.15, 0.2) is 0 Å². The zero-order valence-electron chi connectivity index (χ0n) is 10.8. The van der Waals surface area contributed by atoms with Gasteiger partial charge in [0.1, 0.15) is 0 Å². The lowest BCUT2D eigenvalue weighted by Gasteiger charge is -2.29. The third-order valence-electron chi connectivity index (χ3n) is 4.69. The molecule has 0 radical (unpaired) electrons. The summed E-state index contributed by atoms with van der Waals surface area (Å²) in [4.78, 5) is 12.1. The molecular weight excluding hydrogens is 216 g/mol. The number of rotatable bonds is 4. The molecule has 0 spiro atoms. The van der Waals surface area contributed by atoms with Crippen molar-refractivity contribution in [1.29, 1.82) is 0 Å². The molecule has 0 aromatic rings. The zero-order chi connectivity index (χ0) is 12.6. The Kier molecular flexibility index (Phi) is 3.46. The fourth-order valence-corrected chi connectivity index (χ4v) is 3.25. The third kappa shape index (κ3) is 2.47. The Morgan fingerprint density at radius 1 is 1.47 bits per heavy atom. The van der Waals surface area contributed by atoms with Crippen LogP contribution in [0.1, 0.15) is 39.5 Å². The summed E-state index contributed by atoms with van der Waals surface area (Å²) in [5.74, 6) is 1.03. The molecule has 2 bridgehead atoms. The number of carbonyl (C=O) groups is 1. The van der Waals surface area contributed by atoms with E-state index in [9.17, 15) is 9.90 Å². The van der Waals surface area contributed by atoms with E-state index in [1.54, 1.807) is 6.92 Å². The molecule has 0 heterocycles. The minimum Gasteiger partial charge on any atom is -0.388 e. The Morgan fingerprint density at radius 2 is 2.12 bits per heavy atom. The first kappa shape index (κ1) is 12.8. The third-order valence-corrected chi connectivity index (χ3v) is 4.69. The standard InChI is InChI=1S/C13H24N2O2/c1-3-13(2,17)7-15-12(16)10-8-4-5-9(6-8)11(10)14/h8-11,17H,3-7,14H2,1-2H3,(H,15,16). The predicted octanol–water partition coefficient (Wildman–Crippen LogP) is 0.637. The maximum absolute atomic E-state index is 12.1. The highest BCUT2D eigenvalue weighted by Gasteiger charge is 2.49. The van der Waals surface area contributed by atoms with Crippen molar-refractivity contribution < 1.29 is 9.90 Å². The summed E-state index contributed by atoms with van der Waals surface area (Å²) in [5.41, 5.74) is 5.31. The van der Waals surface area contributed by atoms with E-state index in [0.717, 1.165) is 12.8 Å². The zero-order valence-corrected chi connectivity index (χ0v) is 10.8. The Hall–Kier alpha value is -0.610. The summed E-state index contributed by atoms with van der Waals surface area (Å²) in [5, 5.41) is 12.7. The number of hydrogen-bond acceptors (Lipinski definition) is 3. The van der Waals surface area contributed by atoms with Crippen LogP contribution in [0.5, 0.6) is 0 Å². The van der Waals surface area contributed by atoms with Crippen molar-refractivity contribution in [3.63, 3.8) is 0 Å². The van der Waals surface area contributed by atoms with Crippen molar-refractivity contribution in [2.75, 3.05) is 6.54 Å². The van der Waals surface area contributed by atoms with E-state index in [0.29, 0.717) is 24.8 Å². The van der Waals surface area contributed by atoms with Gasteiger partial charge in [0.05, 0.1) is 11.5 Å². The molecule has 0 aliphatic heterocycles. The molecule has 1 amide bonds. The molecule has 4 heteroatoms. The lowest BCUT2D eigenvalue weighted by molar-refractivity contribution is -0.128. The van der Waals surface area contributed by atoms with Gasteiger partial charge >= 0.3 is 0 Å². The van der Waals surface area contributed by atoms with Crippen LogP contribution in [0.3, 0.4) is 0 Å². The summed E-state index contributed by atoms with van der Waals surface area (Å²) >= 11 is 0. The molecule has 0 saturated heterocycles. The highest BCUT2D eigenvalue weighted by Crippen LogP contribution is 2.47. The van der Waals surface area contributed by atoms with Crippen LogP contribution in [0, 0.1) is 17.8 Å². The normalized spacial score (nSPS) is 39.1. The Balaban J connectivity index is 1.89. The van der Waals surface area contributed by atoms with E-state index in [4.69, 9.17) is 5.73 Å². The number of fused-ring (bicyclic) bond motifs is 2. The van der Waals surface area contributed by atoms with Gasteiger partial charge in [0.25, 0.3) is 0 Å². The Morgan fingerprint density at radius 3 is 2.65 bits per heavy atom. The van der Waals surface area contributed by atoms with Gasteiger partial charge in [0.2, 0.25) is 5.91 Å². The van der Waals surface area contributed by atoms with Crippen LogP contribution in [0.4, 0.5) is 0 Å². The number of carbonyl (C=O) groups excluding carboxylic acids is 1. The number of nitrogens with one attached hydrogen (secondary N) is 1. The van der Waals surface area contributed by atoms with Crippen LogP contribution >= 0.6 is 0 Å². The van der Waals surface area contributed by atoms with Gasteiger partial charge in [-0.2, -0.15) is 0 Å². The van der Waals surface area contributed by atoms with Crippen LogP contribution in [-0.4, -0.2) is 29.2 Å². The van der Waals surface area contributed by atoms with E-state index < -0.39 is 5.60 Å². The largest absolute Gasteiger partial charge is 0.388 e. The van der Waals surface area contributed by atoms with Crippen molar-refractivity contribution in [2.24, 2.45) is 23.5 Å². The molecule has 4 nitrogen and oxygen atoms in total. The highest BCUT2D eigenvalue weighted by atomic mass is 16.3. The van der Waals surface area contributed by atoms with E-state index in [2.05, 4.69) is 5.32 Å². The van der Waals surface area contributed by atoms with Crippen molar-refractivity contribution in [2.45, 2.75) is 51.2 Å². The predicted molar refractivity (Wildman–Crippen MR) is 66.2 cm³/mol. The number of nitrogens with two attached hydrogens (primary N) is 1. The molecule has 4 N–H and O–H groups in total. The average Bonchev–Trinajstić information content (AvgIpc) is 2.86. The Labute approximate surface area is 103 Å². The van der Waals surface area contributed by atoms with Crippen LogP contribution in [-0.2, 0) is 4.79 Å². The topological polar surface area (TPSA) is 75.3 Å². The smallest absolute Gasteiger partial charge is 0.225 e. The highest BCUT2D eigenvalue weighted by molar-refractivity contribution is 5.80. The summed E-state index contributed by atoms with van der Waals surface area (Å²) in [6.07, 6.45) is 4.07. The molecule has 2 aliphatic rings. The number of amides is 1. The van der Waals surface area contributed by atoms with Crippen LogP contribution in [0.2, 0.25) is 0 Å².